The van der Waals surface area contributed by atoms with Crippen molar-refractivity contribution in [1.82, 2.24) is 0 Å². The summed E-state index contributed by atoms with van der Waals surface area (Å²) in [5.41, 5.74) is 0. The van der Waals surface area contributed by atoms with Gasteiger partial charge in [-0.2, -0.15) is 0 Å². The first-order valence-electron chi connectivity index (χ1n) is 3.44. The van der Waals surface area contributed by atoms with Crippen LogP contribution in [0.2, 0.25) is 0 Å². The van der Waals surface area contributed by atoms with Crippen LogP contribution in [0.1, 0.15) is 20.8 Å². The molecule has 0 spiro atoms. The third-order valence-electron chi connectivity index (χ3n) is 1.44. The molecule has 1 nitrogen and oxygen atoms in total. The van der Waals surface area contributed by atoms with Gasteiger partial charge in [0.25, 0.3) is 0 Å². The topological polar surface area (TPSA) is 9.23 Å². The first-order chi connectivity index (χ1) is 4.48. The quantitative estimate of drug-likeness (QED) is 0.600. The van der Waals surface area contributed by atoms with Crippen molar-refractivity contribution in [2.24, 2.45) is 5.92 Å². The second-order valence-electron chi connectivity index (χ2n) is 2.52. The molecule has 0 aliphatic heterocycles. The van der Waals surface area contributed by atoms with Gasteiger partial charge >= 0.3 is 0 Å². The van der Waals surface area contributed by atoms with Gasteiger partial charge < -0.3 is 4.74 Å². The smallest absolute Gasteiger partial charge is 0.250 e. The molecule has 0 bridgehead atoms. The lowest BCUT2D eigenvalue weighted by molar-refractivity contribution is -0.0635. The average Bonchev–Trinajstić information content (AvgIpc) is 1.80. The van der Waals surface area contributed by atoms with E-state index in [2.05, 4.69) is 0 Å². The molecule has 0 heterocycles. The van der Waals surface area contributed by atoms with E-state index in [1.54, 1.807) is 6.92 Å². The Bertz CT molecular complexity index is 88.1. The van der Waals surface area contributed by atoms with Crippen molar-refractivity contribution < 1.29 is 13.5 Å². The molecule has 0 aromatic rings. The highest BCUT2D eigenvalue weighted by molar-refractivity contribution is 4.66. The van der Waals surface area contributed by atoms with Crippen LogP contribution >= 0.6 is 0 Å². The maximum atomic E-state index is 12.4. The lowest BCUT2D eigenvalue weighted by Gasteiger charge is -2.18. The van der Waals surface area contributed by atoms with Crippen LogP contribution in [0, 0.1) is 5.92 Å². The molecule has 3 heteroatoms. The van der Waals surface area contributed by atoms with Crippen LogP contribution in [-0.4, -0.2) is 19.1 Å². The fourth-order valence-corrected chi connectivity index (χ4v) is 0.441. The summed E-state index contributed by atoms with van der Waals surface area (Å²) in [7, 11) is 0. The molecule has 0 rings (SSSR count). The molecule has 0 unspecified atom stereocenters. The molecule has 0 fully saturated rings. The first kappa shape index (κ1) is 9.82. The van der Waals surface area contributed by atoms with Crippen LogP contribution in [0.3, 0.4) is 0 Å². The lowest BCUT2D eigenvalue weighted by Crippen LogP contribution is -2.25. The normalized spacial score (nSPS) is 15.3. The summed E-state index contributed by atoms with van der Waals surface area (Å²) in [5, 5.41) is 0. The molecule has 0 amide bonds. The predicted octanol–water partition coefficient (Wildman–Crippen LogP) is 2.31. The van der Waals surface area contributed by atoms with Crippen LogP contribution in [0.25, 0.3) is 0 Å². The van der Waals surface area contributed by atoms with Crippen molar-refractivity contribution in [3.8, 4) is 0 Å². The Morgan fingerprint density at radius 3 is 2.30 bits per heavy atom. The molecule has 0 aromatic carbocycles. The van der Waals surface area contributed by atoms with E-state index < -0.39 is 11.8 Å². The van der Waals surface area contributed by atoms with Gasteiger partial charge in [0.05, 0.1) is 6.61 Å². The van der Waals surface area contributed by atoms with E-state index in [1.807, 2.05) is 0 Å². The SMILES string of the molecule is CCOC[C@H](C)C(C)(F)F. The van der Waals surface area contributed by atoms with Gasteiger partial charge in [0, 0.05) is 12.5 Å². The second kappa shape index (κ2) is 3.86. The zero-order valence-electron chi connectivity index (χ0n) is 6.66. The molecular weight excluding hydrogens is 138 g/mol. The van der Waals surface area contributed by atoms with Crippen LogP contribution < -0.4 is 0 Å². The van der Waals surface area contributed by atoms with E-state index in [1.165, 1.54) is 6.92 Å². The standard InChI is InChI=1S/C7H14F2O/c1-4-10-5-6(2)7(3,8)9/h6H,4-5H2,1-3H3/t6-/m0/s1. The summed E-state index contributed by atoms with van der Waals surface area (Å²) < 4.78 is 29.6. The number of alkyl halides is 2. The molecule has 0 saturated heterocycles. The van der Waals surface area contributed by atoms with Crippen molar-refractivity contribution in [1.29, 1.82) is 0 Å². The Balaban J connectivity index is 3.52. The maximum absolute atomic E-state index is 12.4. The summed E-state index contributed by atoms with van der Waals surface area (Å²) >= 11 is 0. The second-order valence-corrected chi connectivity index (χ2v) is 2.52. The van der Waals surface area contributed by atoms with E-state index in [0.29, 0.717) is 6.61 Å². The average molecular weight is 152 g/mol. The maximum Gasteiger partial charge on any atom is 0.250 e. The van der Waals surface area contributed by atoms with Crippen molar-refractivity contribution in [3.05, 3.63) is 0 Å². The van der Waals surface area contributed by atoms with E-state index in [9.17, 15) is 8.78 Å². The van der Waals surface area contributed by atoms with Crippen LogP contribution in [-0.2, 0) is 4.74 Å². The largest absolute Gasteiger partial charge is 0.381 e. The minimum Gasteiger partial charge on any atom is -0.381 e. The summed E-state index contributed by atoms with van der Waals surface area (Å²) in [6.45, 7) is 4.83. The highest BCUT2D eigenvalue weighted by Gasteiger charge is 2.29. The molecular formula is C7H14F2O. The van der Waals surface area contributed by atoms with Crippen LogP contribution in [0.4, 0.5) is 8.78 Å². The van der Waals surface area contributed by atoms with Crippen molar-refractivity contribution in [2.45, 2.75) is 26.7 Å². The summed E-state index contributed by atoms with van der Waals surface area (Å²) in [5.74, 6) is -3.30. The van der Waals surface area contributed by atoms with Gasteiger partial charge in [0.2, 0.25) is 5.92 Å². The highest BCUT2D eigenvalue weighted by atomic mass is 19.3. The van der Waals surface area contributed by atoms with Gasteiger partial charge in [0.1, 0.15) is 0 Å². The minimum absolute atomic E-state index is 0.139. The first-order valence-corrected chi connectivity index (χ1v) is 3.44. The lowest BCUT2D eigenvalue weighted by atomic mass is 10.1. The van der Waals surface area contributed by atoms with E-state index in [0.717, 1.165) is 6.92 Å². The number of rotatable bonds is 4. The zero-order chi connectivity index (χ0) is 8.20. The Kier molecular flexibility index (Phi) is 3.79. The molecule has 1 atom stereocenters. The molecule has 0 aromatic heterocycles. The van der Waals surface area contributed by atoms with Gasteiger partial charge in [0.15, 0.2) is 0 Å². The number of hydrogen-bond acceptors (Lipinski definition) is 1. The molecule has 0 N–H and O–H groups in total. The number of hydrogen-bond donors (Lipinski definition) is 0. The fourth-order valence-electron chi connectivity index (χ4n) is 0.441. The fraction of sp³-hybridized carbons (Fsp3) is 1.00. The number of ether oxygens (including phenoxy) is 1. The monoisotopic (exact) mass is 152 g/mol. The van der Waals surface area contributed by atoms with Crippen molar-refractivity contribution >= 4 is 0 Å². The van der Waals surface area contributed by atoms with E-state index >= 15 is 0 Å². The molecule has 0 aliphatic rings. The van der Waals surface area contributed by atoms with Crippen molar-refractivity contribution in [3.63, 3.8) is 0 Å². The molecule has 0 radical (unpaired) electrons. The number of halogens is 2. The van der Waals surface area contributed by atoms with Gasteiger partial charge in [-0.1, -0.05) is 6.92 Å². The minimum atomic E-state index is -2.62. The van der Waals surface area contributed by atoms with Gasteiger partial charge in [-0.25, -0.2) is 8.78 Å². The molecule has 0 aliphatic carbocycles. The molecule has 0 saturated carbocycles. The third kappa shape index (κ3) is 3.77. The van der Waals surface area contributed by atoms with Gasteiger partial charge in [-0.05, 0) is 13.8 Å². The summed E-state index contributed by atoms with van der Waals surface area (Å²) in [6, 6.07) is 0. The van der Waals surface area contributed by atoms with Gasteiger partial charge in [-0.3, -0.25) is 0 Å². The van der Waals surface area contributed by atoms with E-state index in [4.69, 9.17) is 4.74 Å². The van der Waals surface area contributed by atoms with E-state index in [-0.39, 0.29) is 6.61 Å². The predicted molar refractivity (Wildman–Crippen MR) is 36.3 cm³/mol. The molecule has 10 heavy (non-hydrogen) atoms. The Morgan fingerprint density at radius 2 is 2.00 bits per heavy atom. The Hall–Kier alpha value is -0.180. The zero-order valence-corrected chi connectivity index (χ0v) is 6.66. The third-order valence-corrected chi connectivity index (χ3v) is 1.44. The van der Waals surface area contributed by atoms with Crippen LogP contribution in [0.15, 0.2) is 0 Å². The highest BCUT2D eigenvalue weighted by Crippen LogP contribution is 2.22. The van der Waals surface area contributed by atoms with Crippen molar-refractivity contribution in [2.75, 3.05) is 13.2 Å². The van der Waals surface area contributed by atoms with Crippen LogP contribution in [0.5, 0.6) is 0 Å². The summed E-state index contributed by atoms with van der Waals surface area (Å²) in [4.78, 5) is 0. The Morgan fingerprint density at radius 1 is 1.50 bits per heavy atom. The van der Waals surface area contributed by atoms with Gasteiger partial charge in [-0.15, -0.1) is 0 Å². The Labute approximate surface area is 60.4 Å². The molecule has 62 valence electrons. The summed E-state index contributed by atoms with van der Waals surface area (Å²) in [6.07, 6.45) is 0.